The molecule has 2 aromatic rings. The Hall–Kier alpha value is -1.56. The molecule has 0 bridgehead atoms. The second-order valence-electron chi connectivity index (χ2n) is 4.93. The molecule has 0 saturated carbocycles. The lowest BCUT2D eigenvalue weighted by Gasteiger charge is -2.12. The molecule has 21 heavy (non-hydrogen) atoms. The third kappa shape index (κ3) is 2.52. The SMILES string of the molecule is CCNc1nc(-c2ccc(F)c(F)c2Br)nc2c1CCC2. The lowest BCUT2D eigenvalue weighted by Crippen LogP contribution is -2.07. The number of benzene rings is 1. The van der Waals surface area contributed by atoms with Gasteiger partial charge >= 0.3 is 0 Å². The van der Waals surface area contributed by atoms with Crippen molar-refractivity contribution in [2.75, 3.05) is 11.9 Å². The van der Waals surface area contributed by atoms with Gasteiger partial charge in [0.15, 0.2) is 17.5 Å². The van der Waals surface area contributed by atoms with E-state index in [1.165, 1.54) is 6.07 Å². The van der Waals surface area contributed by atoms with Gasteiger partial charge < -0.3 is 5.32 Å². The highest BCUT2D eigenvalue weighted by Crippen LogP contribution is 2.33. The maximum atomic E-state index is 13.7. The summed E-state index contributed by atoms with van der Waals surface area (Å²) in [6.07, 6.45) is 2.90. The molecular weight excluding hydrogens is 340 g/mol. The topological polar surface area (TPSA) is 37.8 Å². The van der Waals surface area contributed by atoms with Gasteiger partial charge in [0.2, 0.25) is 0 Å². The molecular formula is C15H14BrF2N3. The molecule has 1 aliphatic carbocycles. The van der Waals surface area contributed by atoms with Crippen LogP contribution in [0.5, 0.6) is 0 Å². The van der Waals surface area contributed by atoms with Crippen LogP contribution < -0.4 is 5.32 Å². The van der Waals surface area contributed by atoms with Crippen LogP contribution in [0.3, 0.4) is 0 Å². The van der Waals surface area contributed by atoms with E-state index in [0.717, 1.165) is 48.9 Å². The predicted octanol–water partition coefficient (Wildman–Crippen LogP) is 4.10. The van der Waals surface area contributed by atoms with Crippen molar-refractivity contribution >= 4 is 21.7 Å². The minimum atomic E-state index is -0.915. The predicted molar refractivity (Wildman–Crippen MR) is 81.3 cm³/mol. The molecule has 3 nitrogen and oxygen atoms in total. The van der Waals surface area contributed by atoms with Crippen LogP contribution >= 0.6 is 15.9 Å². The maximum Gasteiger partial charge on any atom is 0.173 e. The van der Waals surface area contributed by atoms with Crippen molar-refractivity contribution in [3.63, 3.8) is 0 Å². The summed E-state index contributed by atoms with van der Waals surface area (Å²) in [5, 5.41) is 3.23. The van der Waals surface area contributed by atoms with Crippen LogP contribution in [0.25, 0.3) is 11.4 Å². The minimum Gasteiger partial charge on any atom is -0.370 e. The summed E-state index contributed by atoms with van der Waals surface area (Å²) in [5.74, 6) is -0.593. The molecule has 0 saturated heterocycles. The summed E-state index contributed by atoms with van der Waals surface area (Å²) in [6.45, 7) is 2.75. The van der Waals surface area contributed by atoms with Gasteiger partial charge in [-0.1, -0.05) is 0 Å². The molecule has 0 atom stereocenters. The molecule has 1 aliphatic rings. The Bertz CT molecular complexity index is 704. The molecule has 0 aliphatic heterocycles. The van der Waals surface area contributed by atoms with Gasteiger partial charge in [-0.25, -0.2) is 18.7 Å². The number of rotatable bonds is 3. The van der Waals surface area contributed by atoms with Crippen molar-refractivity contribution in [1.82, 2.24) is 9.97 Å². The van der Waals surface area contributed by atoms with E-state index in [0.29, 0.717) is 11.4 Å². The molecule has 0 unspecified atom stereocenters. The fourth-order valence-electron chi connectivity index (χ4n) is 2.57. The van der Waals surface area contributed by atoms with E-state index < -0.39 is 11.6 Å². The van der Waals surface area contributed by atoms with Crippen molar-refractivity contribution in [1.29, 1.82) is 0 Å². The number of fused-ring (bicyclic) bond motifs is 1. The van der Waals surface area contributed by atoms with Crippen LogP contribution in [-0.4, -0.2) is 16.5 Å². The number of hydrogen-bond donors (Lipinski definition) is 1. The zero-order valence-electron chi connectivity index (χ0n) is 11.5. The molecule has 110 valence electrons. The van der Waals surface area contributed by atoms with Crippen LogP contribution in [0.1, 0.15) is 24.6 Å². The molecule has 3 rings (SSSR count). The molecule has 0 spiro atoms. The summed E-state index contributed by atoms with van der Waals surface area (Å²) >= 11 is 3.10. The fourth-order valence-corrected chi connectivity index (χ4v) is 3.06. The molecule has 6 heteroatoms. The van der Waals surface area contributed by atoms with Gasteiger partial charge in [0.25, 0.3) is 0 Å². The van der Waals surface area contributed by atoms with E-state index >= 15 is 0 Å². The summed E-state index contributed by atoms with van der Waals surface area (Å²) in [6, 6.07) is 2.59. The zero-order chi connectivity index (χ0) is 15.0. The first kappa shape index (κ1) is 14.4. The first-order valence-electron chi connectivity index (χ1n) is 6.89. The number of aryl methyl sites for hydroxylation is 1. The smallest absolute Gasteiger partial charge is 0.173 e. The highest BCUT2D eigenvalue weighted by Gasteiger charge is 2.21. The van der Waals surface area contributed by atoms with Crippen LogP contribution in [0, 0.1) is 11.6 Å². The van der Waals surface area contributed by atoms with E-state index in [9.17, 15) is 8.78 Å². The lowest BCUT2D eigenvalue weighted by atomic mass is 10.1. The Morgan fingerprint density at radius 1 is 1.24 bits per heavy atom. The number of anilines is 1. The fraction of sp³-hybridized carbons (Fsp3) is 0.333. The standard InChI is InChI=1S/C15H14BrF2N3/c1-2-19-14-8-4-3-5-11(8)20-15(21-14)9-6-7-10(17)13(18)12(9)16/h6-7H,2-5H2,1H3,(H,19,20,21). The first-order valence-corrected chi connectivity index (χ1v) is 7.68. The van der Waals surface area contributed by atoms with Crippen LogP contribution in [-0.2, 0) is 12.8 Å². The van der Waals surface area contributed by atoms with Gasteiger partial charge in [-0.3, -0.25) is 0 Å². The highest BCUT2D eigenvalue weighted by atomic mass is 79.9. The molecule has 0 amide bonds. The molecule has 1 aromatic heterocycles. The first-order chi connectivity index (χ1) is 10.1. The lowest BCUT2D eigenvalue weighted by molar-refractivity contribution is 0.504. The van der Waals surface area contributed by atoms with Crippen molar-refractivity contribution in [3.05, 3.63) is 39.5 Å². The van der Waals surface area contributed by atoms with Crippen molar-refractivity contribution in [2.24, 2.45) is 0 Å². The number of nitrogens with zero attached hydrogens (tertiary/aromatic N) is 2. The number of nitrogens with one attached hydrogen (secondary N) is 1. The highest BCUT2D eigenvalue weighted by molar-refractivity contribution is 9.10. The third-order valence-corrected chi connectivity index (χ3v) is 4.33. The van der Waals surface area contributed by atoms with Gasteiger partial charge in [0.05, 0.1) is 4.47 Å². The maximum absolute atomic E-state index is 13.7. The van der Waals surface area contributed by atoms with Crippen molar-refractivity contribution in [3.8, 4) is 11.4 Å². The summed E-state index contributed by atoms with van der Waals surface area (Å²) in [4.78, 5) is 9.02. The Balaban J connectivity index is 2.15. The van der Waals surface area contributed by atoms with E-state index in [2.05, 4.69) is 31.2 Å². The average molecular weight is 354 g/mol. The number of aromatic nitrogens is 2. The van der Waals surface area contributed by atoms with Gasteiger partial charge in [0.1, 0.15) is 5.82 Å². The largest absolute Gasteiger partial charge is 0.370 e. The van der Waals surface area contributed by atoms with Gasteiger partial charge in [0, 0.05) is 23.4 Å². The quantitative estimate of drug-likeness (QED) is 0.844. The summed E-state index contributed by atoms with van der Waals surface area (Å²) in [5.41, 5.74) is 2.59. The Labute approximate surface area is 129 Å². The minimum absolute atomic E-state index is 0.0582. The normalized spacial score (nSPS) is 13.3. The molecule has 1 N–H and O–H groups in total. The number of halogens is 3. The summed E-state index contributed by atoms with van der Waals surface area (Å²) in [7, 11) is 0. The average Bonchev–Trinajstić information content (AvgIpc) is 2.94. The van der Waals surface area contributed by atoms with Gasteiger partial charge in [-0.05, 0) is 54.2 Å². The monoisotopic (exact) mass is 353 g/mol. The van der Waals surface area contributed by atoms with E-state index in [1.54, 1.807) is 0 Å². The van der Waals surface area contributed by atoms with E-state index in [1.807, 2.05) is 6.92 Å². The van der Waals surface area contributed by atoms with Crippen LogP contribution in [0.15, 0.2) is 16.6 Å². The molecule has 0 radical (unpaired) electrons. The number of hydrogen-bond acceptors (Lipinski definition) is 3. The molecule has 1 aromatic carbocycles. The zero-order valence-corrected chi connectivity index (χ0v) is 13.1. The van der Waals surface area contributed by atoms with Crippen LogP contribution in [0.2, 0.25) is 0 Å². The second kappa shape index (κ2) is 5.67. The third-order valence-electron chi connectivity index (χ3n) is 3.55. The second-order valence-corrected chi connectivity index (χ2v) is 5.72. The van der Waals surface area contributed by atoms with Crippen LogP contribution in [0.4, 0.5) is 14.6 Å². The molecule has 0 fully saturated rings. The van der Waals surface area contributed by atoms with Crippen molar-refractivity contribution in [2.45, 2.75) is 26.2 Å². The Morgan fingerprint density at radius 3 is 2.81 bits per heavy atom. The van der Waals surface area contributed by atoms with Gasteiger partial charge in [-0.15, -0.1) is 0 Å². The van der Waals surface area contributed by atoms with E-state index in [4.69, 9.17) is 0 Å². The van der Waals surface area contributed by atoms with E-state index in [-0.39, 0.29) is 4.47 Å². The Kier molecular flexibility index (Phi) is 3.89. The Morgan fingerprint density at radius 2 is 2.05 bits per heavy atom. The molecule has 1 heterocycles. The van der Waals surface area contributed by atoms with Crippen molar-refractivity contribution < 1.29 is 8.78 Å². The van der Waals surface area contributed by atoms with Gasteiger partial charge in [-0.2, -0.15) is 0 Å². The summed E-state index contributed by atoms with van der Waals surface area (Å²) < 4.78 is 27.0.